The Morgan fingerprint density at radius 1 is 1.44 bits per heavy atom. The van der Waals surface area contributed by atoms with Crippen molar-refractivity contribution in [3.05, 3.63) is 40.0 Å². The van der Waals surface area contributed by atoms with Crippen molar-refractivity contribution >= 4 is 33.2 Å². The first-order valence-electron chi connectivity index (χ1n) is 8.83. The zero-order valence-electron chi connectivity index (χ0n) is 15.9. The first kappa shape index (κ1) is 18.7. The van der Waals surface area contributed by atoms with Gasteiger partial charge in [0.05, 0.1) is 15.2 Å². The van der Waals surface area contributed by atoms with E-state index in [4.69, 9.17) is 11.6 Å². The fourth-order valence-electron chi connectivity index (χ4n) is 3.35. The van der Waals surface area contributed by atoms with Crippen LogP contribution in [-0.4, -0.2) is 41.5 Å². The van der Waals surface area contributed by atoms with Crippen LogP contribution >= 0.6 is 22.9 Å². The second-order valence-corrected chi connectivity index (χ2v) is 9.74. The van der Waals surface area contributed by atoms with Crippen LogP contribution in [0.4, 0.5) is 0 Å². The van der Waals surface area contributed by atoms with Gasteiger partial charge >= 0.3 is 0 Å². The lowest BCUT2D eigenvalue weighted by Gasteiger charge is -2.27. The van der Waals surface area contributed by atoms with Gasteiger partial charge < -0.3 is 4.90 Å². The minimum absolute atomic E-state index is 0.101. The van der Waals surface area contributed by atoms with Crippen LogP contribution < -0.4 is 0 Å². The number of halogens is 1. The van der Waals surface area contributed by atoms with Crippen LogP contribution in [0, 0.1) is 0 Å². The van der Waals surface area contributed by atoms with Gasteiger partial charge in [0.15, 0.2) is 0 Å². The Balaban J connectivity index is 1.77. The molecular weight excluding hydrogens is 350 g/mol. The number of thiophene rings is 1. The Bertz CT molecular complexity index is 790. The van der Waals surface area contributed by atoms with E-state index in [1.54, 1.807) is 11.3 Å². The third kappa shape index (κ3) is 3.86. The highest BCUT2D eigenvalue weighted by Gasteiger charge is 2.25. The molecule has 0 spiro atoms. The lowest BCUT2D eigenvalue weighted by atomic mass is 9.88. The molecule has 1 aliphatic heterocycles. The van der Waals surface area contributed by atoms with Gasteiger partial charge in [-0.15, -0.1) is 11.3 Å². The number of fused-ring (bicyclic) bond motifs is 1. The minimum Gasteiger partial charge on any atom is -0.374 e. The highest BCUT2D eigenvalue weighted by Crippen LogP contribution is 2.37. The number of pyridine rings is 1. The maximum absolute atomic E-state index is 6.63. The van der Waals surface area contributed by atoms with E-state index in [1.165, 1.54) is 27.3 Å². The summed E-state index contributed by atoms with van der Waals surface area (Å²) < 4.78 is 1.19. The van der Waals surface area contributed by atoms with Crippen LogP contribution in [0.15, 0.2) is 24.5 Å². The molecule has 0 radical (unpaired) electrons. The zero-order chi connectivity index (χ0) is 18.4. The van der Waals surface area contributed by atoms with Crippen LogP contribution in [0.3, 0.4) is 0 Å². The summed E-state index contributed by atoms with van der Waals surface area (Å²) >= 11 is 8.41. The Kier molecular flexibility index (Phi) is 5.16. The predicted molar refractivity (Wildman–Crippen MR) is 110 cm³/mol. The monoisotopic (exact) mass is 377 g/mol. The molecule has 0 saturated carbocycles. The number of aromatic nitrogens is 1. The Morgan fingerprint density at radius 2 is 2.16 bits per heavy atom. The third-order valence-corrected chi connectivity index (χ3v) is 6.78. The van der Waals surface area contributed by atoms with Crippen molar-refractivity contribution in [1.29, 1.82) is 0 Å². The van der Waals surface area contributed by atoms with Crippen LogP contribution in [0.1, 0.15) is 44.1 Å². The summed E-state index contributed by atoms with van der Waals surface area (Å²) in [6.07, 6.45) is 4.27. The fraction of sp³-hybridized carbons (Fsp3) is 0.550. The first-order valence-corrected chi connectivity index (χ1v) is 10.0. The number of hydrogen-bond donors (Lipinski definition) is 0. The van der Waals surface area contributed by atoms with Gasteiger partial charge in [-0.25, -0.2) is 0 Å². The number of allylic oxidation sites excluding steroid dienone is 1. The van der Waals surface area contributed by atoms with E-state index in [-0.39, 0.29) is 5.41 Å². The molecule has 0 N–H and O–H groups in total. The summed E-state index contributed by atoms with van der Waals surface area (Å²) in [6, 6.07) is 2.80. The van der Waals surface area contributed by atoms with E-state index < -0.39 is 0 Å². The van der Waals surface area contributed by atoms with Gasteiger partial charge in [0, 0.05) is 43.0 Å². The molecule has 2 aromatic rings. The molecule has 1 fully saturated rings. The Morgan fingerprint density at radius 3 is 2.76 bits per heavy atom. The van der Waals surface area contributed by atoms with Crippen molar-refractivity contribution in [2.45, 2.75) is 51.6 Å². The SMILES string of the molecule is C=C1CC[C@@H](CN(C)Cc2sc3cc(C(C)(C)C)cnc3c2Cl)N1C. The molecule has 3 rings (SSSR count). The molecule has 3 nitrogen and oxygen atoms in total. The Labute approximate surface area is 160 Å². The van der Waals surface area contributed by atoms with Crippen LogP contribution in [0.2, 0.25) is 5.02 Å². The summed E-state index contributed by atoms with van der Waals surface area (Å²) in [7, 11) is 4.32. The normalized spacial score (nSPS) is 18.8. The number of rotatable bonds is 4. The van der Waals surface area contributed by atoms with Gasteiger partial charge in [-0.05, 0) is 36.9 Å². The third-order valence-electron chi connectivity index (χ3n) is 5.15. The summed E-state index contributed by atoms with van der Waals surface area (Å²) in [4.78, 5) is 10.5. The van der Waals surface area contributed by atoms with Gasteiger partial charge in [-0.2, -0.15) is 0 Å². The number of likely N-dealkylation sites (N-methyl/N-ethyl adjacent to an activating group) is 2. The van der Waals surface area contributed by atoms with Gasteiger partial charge in [0.2, 0.25) is 0 Å². The molecule has 1 aliphatic rings. The standard InChI is InChI=1S/C20H28ClN3S/c1-13-7-8-15(24(13)6)11-23(5)12-17-18(21)19-16(25-17)9-14(10-22-19)20(2,3)4/h9-10,15H,1,7-8,11-12H2,2-6H3/t15-/m0/s1. The number of nitrogens with zero attached hydrogens (tertiary/aromatic N) is 3. The fourth-order valence-corrected chi connectivity index (χ4v) is 4.91. The quantitative estimate of drug-likeness (QED) is 0.721. The molecule has 0 amide bonds. The average molecular weight is 378 g/mol. The lowest BCUT2D eigenvalue weighted by molar-refractivity contribution is 0.232. The Hall–Kier alpha value is -1.10. The van der Waals surface area contributed by atoms with Gasteiger partial charge in [-0.1, -0.05) is 39.0 Å². The summed E-state index contributed by atoms with van der Waals surface area (Å²) in [5.41, 5.74) is 3.54. The van der Waals surface area contributed by atoms with Crippen molar-refractivity contribution in [3.8, 4) is 0 Å². The van der Waals surface area contributed by atoms with Crippen LogP contribution in [0.25, 0.3) is 10.2 Å². The van der Waals surface area contributed by atoms with E-state index in [1.807, 2.05) is 6.20 Å². The van der Waals surface area contributed by atoms with Gasteiger partial charge in [0.25, 0.3) is 0 Å². The van der Waals surface area contributed by atoms with Crippen molar-refractivity contribution in [2.24, 2.45) is 0 Å². The largest absolute Gasteiger partial charge is 0.374 e. The van der Waals surface area contributed by atoms with Crippen molar-refractivity contribution < 1.29 is 0 Å². The summed E-state index contributed by atoms with van der Waals surface area (Å²) in [6.45, 7) is 12.7. The molecule has 0 aromatic carbocycles. The predicted octanol–water partition coefficient (Wildman–Crippen LogP) is 5.29. The van der Waals surface area contributed by atoms with Gasteiger partial charge in [0.1, 0.15) is 0 Å². The smallest absolute Gasteiger partial charge is 0.0999 e. The molecular formula is C20H28ClN3S. The summed E-state index contributed by atoms with van der Waals surface area (Å²) in [5, 5.41) is 0.816. The maximum Gasteiger partial charge on any atom is 0.0999 e. The van der Waals surface area contributed by atoms with E-state index in [0.717, 1.165) is 30.0 Å². The molecule has 0 aliphatic carbocycles. The molecule has 25 heavy (non-hydrogen) atoms. The minimum atomic E-state index is 0.101. The molecule has 2 aromatic heterocycles. The van der Waals surface area contributed by atoms with E-state index in [0.29, 0.717) is 6.04 Å². The molecule has 1 saturated heterocycles. The number of likely N-dealkylation sites (tertiary alicyclic amines) is 1. The van der Waals surface area contributed by atoms with Crippen molar-refractivity contribution in [3.63, 3.8) is 0 Å². The highest BCUT2D eigenvalue weighted by atomic mass is 35.5. The van der Waals surface area contributed by atoms with E-state index in [2.05, 4.69) is 62.3 Å². The molecule has 0 unspecified atom stereocenters. The van der Waals surface area contributed by atoms with Gasteiger partial charge in [-0.3, -0.25) is 9.88 Å². The second-order valence-electron chi connectivity index (χ2n) is 8.23. The molecule has 5 heteroatoms. The zero-order valence-corrected chi connectivity index (χ0v) is 17.5. The summed E-state index contributed by atoms with van der Waals surface area (Å²) in [5.74, 6) is 0. The highest BCUT2D eigenvalue weighted by molar-refractivity contribution is 7.19. The van der Waals surface area contributed by atoms with E-state index in [9.17, 15) is 0 Å². The molecule has 1 atom stereocenters. The van der Waals surface area contributed by atoms with Crippen LogP contribution in [0.5, 0.6) is 0 Å². The topological polar surface area (TPSA) is 19.4 Å². The molecule has 136 valence electrons. The van der Waals surface area contributed by atoms with E-state index >= 15 is 0 Å². The lowest BCUT2D eigenvalue weighted by Crippen LogP contribution is -2.35. The second kappa shape index (κ2) is 6.90. The van der Waals surface area contributed by atoms with Crippen molar-refractivity contribution in [2.75, 3.05) is 20.6 Å². The van der Waals surface area contributed by atoms with Crippen LogP contribution in [-0.2, 0) is 12.0 Å². The molecule has 3 heterocycles. The first-order chi connectivity index (χ1) is 11.7. The maximum atomic E-state index is 6.63. The number of hydrogen-bond acceptors (Lipinski definition) is 4. The van der Waals surface area contributed by atoms with Crippen molar-refractivity contribution in [1.82, 2.24) is 14.8 Å². The molecule has 0 bridgehead atoms. The average Bonchev–Trinajstić information content (AvgIpc) is 3.00.